The monoisotopic (exact) mass is 196 g/mol. The van der Waals surface area contributed by atoms with Gasteiger partial charge >= 0.3 is 0 Å². The van der Waals surface area contributed by atoms with Gasteiger partial charge in [-0.2, -0.15) is 8.42 Å². The average molecular weight is 196 g/mol. The van der Waals surface area contributed by atoms with Crippen LogP contribution in [0.2, 0.25) is 0 Å². The minimum atomic E-state index is -3.36. The first-order valence-electron chi connectivity index (χ1n) is 3.85. The van der Waals surface area contributed by atoms with Gasteiger partial charge in [-0.05, 0) is 12.3 Å². The van der Waals surface area contributed by atoms with E-state index in [1.54, 1.807) is 0 Å². The summed E-state index contributed by atoms with van der Waals surface area (Å²) in [6.45, 7) is 3.79. The van der Waals surface area contributed by atoms with Crippen molar-refractivity contribution in [2.75, 3.05) is 12.9 Å². The third-order valence-electron chi connectivity index (χ3n) is 1.48. The molecule has 0 aromatic carbocycles. The van der Waals surface area contributed by atoms with Gasteiger partial charge < -0.3 is 5.11 Å². The maximum absolute atomic E-state index is 10.5. The van der Waals surface area contributed by atoms with Crippen LogP contribution in [0.1, 0.15) is 20.3 Å². The summed E-state index contributed by atoms with van der Waals surface area (Å²) in [5.74, 6) is 0.133. The van der Waals surface area contributed by atoms with E-state index in [0.29, 0.717) is 6.42 Å². The highest BCUT2D eigenvalue weighted by molar-refractivity contribution is 7.85. The predicted octanol–water partition coefficient (Wildman–Crippen LogP) is 0.370. The Morgan fingerprint density at radius 2 is 1.92 bits per heavy atom. The molecule has 0 spiro atoms. The van der Waals surface area contributed by atoms with Crippen LogP contribution in [-0.4, -0.2) is 32.5 Å². The van der Waals surface area contributed by atoms with Gasteiger partial charge in [-0.15, -0.1) is 0 Å². The van der Waals surface area contributed by atoms with E-state index in [-0.39, 0.29) is 12.5 Å². The van der Waals surface area contributed by atoms with Gasteiger partial charge in [0.05, 0.1) is 19.0 Å². The average Bonchev–Trinajstić information content (AvgIpc) is 1.84. The van der Waals surface area contributed by atoms with E-state index in [0.717, 1.165) is 6.26 Å². The highest BCUT2D eigenvalue weighted by Gasteiger charge is 2.10. The Balaban J connectivity index is 3.58. The molecule has 0 aromatic rings. The number of aliphatic hydroxyl groups is 1. The van der Waals surface area contributed by atoms with Gasteiger partial charge in [0.15, 0.2) is 0 Å². The highest BCUT2D eigenvalue weighted by Crippen LogP contribution is 2.05. The number of aliphatic hydroxyl groups excluding tert-OH is 1. The lowest BCUT2D eigenvalue weighted by atomic mass is 10.1. The summed E-state index contributed by atoms with van der Waals surface area (Å²) in [6.07, 6.45) is 0.853. The van der Waals surface area contributed by atoms with Crippen molar-refractivity contribution in [1.82, 2.24) is 0 Å². The Hall–Kier alpha value is -0.130. The summed E-state index contributed by atoms with van der Waals surface area (Å²) in [5.41, 5.74) is 0. The SMILES string of the molecule is CC(C)C(O)CCOS(C)(=O)=O. The van der Waals surface area contributed by atoms with Crippen LogP contribution in [0.25, 0.3) is 0 Å². The van der Waals surface area contributed by atoms with Gasteiger partial charge in [0, 0.05) is 0 Å². The molecule has 5 heteroatoms. The predicted molar refractivity (Wildman–Crippen MR) is 46.3 cm³/mol. The molecule has 4 nitrogen and oxygen atoms in total. The van der Waals surface area contributed by atoms with Gasteiger partial charge in [-0.1, -0.05) is 13.8 Å². The van der Waals surface area contributed by atoms with E-state index in [2.05, 4.69) is 4.18 Å². The Labute approximate surface area is 73.7 Å². The van der Waals surface area contributed by atoms with E-state index in [1.807, 2.05) is 13.8 Å². The molecule has 0 amide bonds. The Morgan fingerprint density at radius 1 is 1.42 bits per heavy atom. The van der Waals surface area contributed by atoms with Crippen molar-refractivity contribution in [1.29, 1.82) is 0 Å². The number of hydrogen-bond donors (Lipinski definition) is 1. The van der Waals surface area contributed by atoms with Crippen molar-refractivity contribution in [2.45, 2.75) is 26.4 Å². The second kappa shape index (κ2) is 4.79. The minimum Gasteiger partial charge on any atom is -0.393 e. The van der Waals surface area contributed by atoms with Crippen molar-refractivity contribution in [3.05, 3.63) is 0 Å². The summed E-state index contributed by atoms with van der Waals surface area (Å²) in [5, 5.41) is 9.25. The van der Waals surface area contributed by atoms with Crippen molar-refractivity contribution >= 4 is 10.1 Å². The van der Waals surface area contributed by atoms with Crippen molar-refractivity contribution in [3.8, 4) is 0 Å². The molecule has 1 N–H and O–H groups in total. The standard InChI is InChI=1S/C7H16O4S/c1-6(2)7(8)4-5-11-12(3,9)10/h6-8H,4-5H2,1-3H3. The fourth-order valence-corrected chi connectivity index (χ4v) is 1.05. The highest BCUT2D eigenvalue weighted by atomic mass is 32.2. The Bertz CT molecular complexity index is 207. The van der Waals surface area contributed by atoms with Gasteiger partial charge in [0.2, 0.25) is 0 Å². The van der Waals surface area contributed by atoms with E-state index in [9.17, 15) is 13.5 Å². The van der Waals surface area contributed by atoms with Crippen LogP contribution in [0.5, 0.6) is 0 Å². The topological polar surface area (TPSA) is 63.6 Å². The van der Waals surface area contributed by atoms with Crippen LogP contribution < -0.4 is 0 Å². The lowest BCUT2D eigenvalue weighted by molar-refractivity contribution is 0.0991. The van der Waals surface area contributed by atoms with E-state index >= 15 is 0 Å². The third kappa shape index (κ3) is 6.57. The molecular formula is C7H16O4S. The van der Waals surface area contributed by atoms with E-state index in [1.165, 1.54) is 0 Å². The summed E-state index contributed by atoms with van der Waals surface area (Å²) < 4.78 is 25.4. The molecule has 0 fully saturated rings. The van der Waals surface area contributed by atoms with E-state index < -0.39 is 16.2 Å². The molecule has 1 atom stereocenters. The summed E-state index contributed by atoms with van der Waals surface area (Å²) in [4.78, 5) is 0. The zero-order valence-electron chi connectivity index (χ0n) is 7.65. The van der Waals surface area contributed by atoms with Crippen LogP contribution in [-0.2, 0) is 14.3 Å². The maximum atomic E-state index is 10.5. The minimum absolute atomic E-state index is 0.0537. The first-order valence-corrected chi connectivity index (χ1v) is 5.67. The third-order valence-corrected chi connectivity index (χ3v) is 2.08. The van der Waals surface area contributed by atoms with Crippen LogP contribution in [0.4, 0.5) is 0 Å². The van der Waals surface area contributed by atoms with Crippen molar-refractivity contribution < 1.29 is 17.7 Å². The molecule has 0 aromatic heterocycles. The molecule has 0 bridgehead atoms. The van der Waals surface area contributed by atoms with Gasteiger partial charge in [-0.3, -0.25) is 4.18 Å². The molecular weight excluding hydrogens is 180 g/mol. The van der Waals surface area contributed by atoms with Gasteiger partial charge in [0.1, 0.15) is 0 Å². The summed E-state index contributed by atoms with van der Waals surface area (Å²) in [6, 6.07) is 0. The van der Waals surface area contributed by atoms with E-state index in [4.69, 9.17) is 0 Å². The molecule has 0 saturated carbocycles. The van der Waals surface area contributed by atoms with Crippen LogP contribution in [0, 0.1) is 5.92 Å². The quantitative estimate of drug-likeness (QED) is 0.645. The smallest absolute Gasteiger partial charge is 0.264 e. The van der Waals surface area contributed by atoms with Crippen LogP contribution >= 0.6 is 0 Å². The molecule has 0 rings (SSSR count). The van der Waals surface area contributed by atoms with Crippen molar-refractivity contribution in [2.24, 2.45) is 5.92 Å². The molecule has 1 unspecified atom stereocenters. The summed E-state index contributed by atoms with van der Waals surface area (Å²) in [7, 11) is -3.36. The van der Waals surface area contributed by atoms with Gasteiger partial charge in [-0.25, -0.2) is 0 Å². The second-order valence-electron chi connectivity index (χ2n) is 3.13. The fourth-order valence-electron chi connectivity index (χ4n) is 0.654. The van der Waals surface area contributed by atoms with Gasteiger partial charge in [0.25, 0.3) is 10.1 Å². The first kappa shape index (κ1) is 11.9. The zero-order valence-corrected chi connectivity index (χ0v) is 8.47. The second-order valence-corrected chi connectivity index (χ2v) is 4.77. The first-order chi connectivity index (χ1) is 5.33. The Kier molecular flexibility index (Phi) is 4.74. The number of rotatable bonds is 5. The lowest BCUT2D eigenvalue weighted by Gasteiger charge is -2.13. The molecule has 0 aliphatic heterocycles. The normalized spacial score (nSPS) is 15.1. The largest absolute Gasteiger partial charge is 0.393 e. The zero-order chi connectivity index (χ0) is 9.78. The lowest BCUT2D eigenvalue weighted by Crippen LogP contribution is -2.18. The van der Waals surface area contributed by atoms with Crippen LogP contribution in [0.3, 0.4) is 0 Å². The molecule has 0 aliphatic carbocycles. The van der Waals surface area contributed by atoms with Crippen molar-refractivity contribution in [3.63, 3.8) is 0 Å². The van der Waals surface area contributed by atoms with Crippen LogP contribution in [0.15, 0.2) is 0 Å². The molecule has 0 saturated heterocycles. The fraction of sp³-hybridized carbons (Fsp3) is 1.00. The number of hydrogen-bond acceptors (Lipinski definition) is 4. The Morgan fingerprint density at radius 3 is 2.25 bits per heavy atom. The molecule has 0 radical (unpaired) electrons. The summed E-state index contributed by atoms with van der Waals surface area (Å²) >= 11 is 0. The molecule has 12 heavy (non-hydrogen) atoms. The maximum Gasteiger partial charge on any atom is 0.264 e. The molecule has 0 aliphatic rings. The molecule has 74 valence electrons. The molecule has 0 heterocycles.